The molecule has 0 atom stereocenters. The molecule has 1 aliphatic heterocycles. The number of hydrogen-bond donors (Lipinski definition) is 1. The molecule has 3 aromatic carbocycles. The molecule has 11 heteroatoms. The van der Waals surface area contributed by atoms with Gasteiger partial charge in [-0.1, -0.05) is 50.7 Å². The number of para-hydroxylation sites is 1. The van der Waals surface area contributed by atoms with Crippen LogP contribution in [0.3, 0.4) is 0 Å². The first-order chi connectivity index (χ1) is 22.1. The number of Topliss-reactive ketones (excluding diaryl/α,β-unsaturated/α-hetero) is 1. The van der Waals surface area contributed by atoms with Crippen molar-refractivity contribution >= 4 is 33.0 Å². The Morgan fingerprint density at radius 3 is 2.28 bits per heavy atom. The molecular formula is C36H41FN4O5S. The zero-order valence-corrected chi connectivity index (χ0v) is 26.7. The van der Waals surface area contributed by atoms with Crippen molar-refractivity contribution in [2.24, 2.45) is 0 Å². The molecule has 47 heavy (non-hydrogen) atoms. The third kappa shape index (κ3) is 9.69. The summed E-state index contributed by atoms with van der Waals surface area (Å²) >= 11 is 0. The van der Waals surface area contributed by atoms with Gasteiger partial charge in [-0.05, 0) is 66.4 Å². The number of anilines is 2. The van der Waals surface area contributed by atoms with Crippen molar-refractivity contribution in [3.05, 3.63) is 114 Å². The van der Waals surface area contributed by atoms with E-state index in [0.29, 0.717) is 29.4 Å². The van der Waals surface area contributed by atoms with Crippen LogP contribution in [0.4, 0.5) is 20.6 Å². The van der Waals surface area contributed by atoms with Crippen LogP contribution in [0, 0.1) is 5.82 Å². The van der Waals surface area contributed by atoms with Crippen molar-refractivity contribution in [3.8, 4) is 11.6 Å². The minimum atomic E-state index is -3.11. The Labute approximate surface area is 276 Å². The van der Waals surface area contributed by atoms with Crippen LogP contribution in [0.1, 0.15) is 55.1 Å². The summed E-state index contributed by atoms with van der Waals surface area (Å²) in [6.45, 7) is 3.91. The molecule has 0 radical (unpaired) electrons. The van der Waals surface area contributed by atoms with Gasteiger partial charge in [0.15, 0.2) is 15.6 Å². The van der Waals surface area contributed by atoms with E-state index >= 15 is 0 Å². The number of nitrogens with zero attached hydrogens (tertiary/aromatic N) is 3. The Kier molecular flexibility index (Phi) is 11.8. The Morgan fingerprint density at radius 1 is 0.979 bits per heavy atom. The number of halogens is 1. The predicted molar refractivity (Wildman–Crippen MR) is 183 cm³/mol. The van der Waals surface area contributed by atoms with Crippen molar-refractivity contribution in [2.75, 3.05) is 29.6 Å². The van der Waals surface area contributed by atoms with Crippen LogP contribution in [0.2, 0.25) is 0 Å². The van der Waals surface area contributed by atoms with Gasteiger partial charge in [-0.25, -0.2) is 22.6 Å². The molecule has 0 saturated carbocycles. The summed E-state index contributed by atoms with van der Waals surface area (Å²) in [5.41, 5.74) is 2.82. The second kappa shape index (κ2) is 15.8. The van der Waals surface area contributed by atoms with Gasteiger partial charge in [0.05, 0.1) is 11.3 Å². The number of hydrogen-bond acceptors (Lipinski definition) is 7. The summed E-state index contributed by atoms with van der Waals surface area (Å²) in [5, 5.41) is 2.88. The highest BCUT2D eigenvalue weighted by Gasteiger charge is 2.29. The summed E-state index contributed by atoms with van der Waals surface area (Å²) in [6.07, 6.45) is 4.64. The first-order valence-corrected chi connectivity index (χ1v) is 17.2. The number of piperidine rings is 1. The molecule has 1 N–H and O–H groups in total. The summed E-state index contributed by atoms with van der Waals surface area (Å²) in [5.74, 6) is 0.0639. The highest BCUT2D eigenvalue weighted by atomic mass is 32.2. The highest BCUT2D eigenvalue weighted by Crippen LogP contribution is 2.27. The fraction of sp³-hybridized carbons (Fsp3) is 0.306. The quantitative estimate of drug-likeness (QED) is 0.166. The topological polar surface area (TPSA) is 109 Å². The Bertz CT molecular complexity index is 1760. The normalized spacial score (nSPS) is 13.8. The highest BCUT2D eigenvalue weighted by molar-refractivity contribution is 7.89. The smallest absolute Gasteiger partial charge is 0.326 e. The minimum Gasteiger partial charge on any atom is -0.439 e. The fourth-order valence-electron chi connectivity index (χ4n) is 5.51. The second-order valence-corrected chi connectivity index (χ2v) is 13.6. The van der Waals surface area contributed by atoms with E-state index in [2.05, 4.69) is 15.2 Å². The third-order valence-corrected chi connectivity index (χ3v) is 8.65. The fourth-order valence-corrected chi connectivity index (χ4v) is 6.31. The van der Waals surface area contributed by atoms with E-state index in [1.165, 1.54) is 24.5 Å². The van der Waals surface area contributed by atoms with Crippen molar-refractivity contribution in [1.82, 2.24) is 9.88 Å². The number of carbonyl (C=O) groups is 2. The lowest BCUT2D eigenvalue weighted by molar-refractivity contribution is 0.0984. The first-order valence-electron chi connectivity index (χ1n) is 15.2. The van der Waals surface area contributed by atoms with Crippen molar-refractivity contribution in [2.45, 2.75) is 52.0 Å². The van der Waals surface area contributed by atoms with Gasteiger partial charge in [0, 0.05) is 62.0 Å². The number of sulfone groups is 1. The Balaban J connectivity index is 0.00000500. The second-order valence-electron chi connectivity index (χ2n) is 11.4. The average Bonchev–Trinajstić information content (AvgIpc) is 3.04. The van der Waals surface area contributed by atoms with Crippen LogP contribution in [-0.4, -0.2) is 55.5 Å². The predicted octanol–water partition coefficient (Wildman–Crippen LogP) is 7.49. The monoisotopic (exact) mass is 660 g/mol. The van der Waals surface area contributed by atoms with E-state index in [0.717, 1.165) is 37.2 Å². The van der Waals surface area contributed by atoms with Crippen LogP contribution < -0.4 is 15.0 Å². The molecule has 1 fully saturated rings. The first kappa shape index (κ1) is 35.2. The van der Waals surface area contributed by atoms with E-state index in [4.69, 9.17) is 4.74 Å². The Morgan fingerprint density at radius 2 is 1.66 bits per heavy atom. The summed E-state index contributed by atoms with van der Waals surface area (Å²) in [7, 11) is -3.11. The summed E-state index contributed by atoms with van der Waals surface area (Å²) in [6, 6.07) is 23.8. The average molecular weight is 661 g/mol. The van der Waals surface area contributed by atoms with E-state index in [9.17, 15) is 22.4 Å². The third-order valence-electron chi connectivity index (χ3n) is 7.79. The molecular weight excluding hydrogens is 619 g/mol. The molecule has 5 rings (SSSR count). The van der Waals surface area contributed by atoms with Crippen LogP contribution in [-0.2, 0) is 22.1 Å². The molecule has 9 nitrogen and oxygen atoms in total. The number of nitrogens with one attached hydrogen (secondary N) is 1. The number of amides is 2. The number of ketones is 1. The van der Waals surface area contributed by atoms with Crippen LogP contribution in [0.5, 0.6) is 11.6 Å². The molecule has 1 aromatic heterocycles. The van der Waals surface area contributed by atoms with E-state index in [1.54, 1.807) is 42.3 Å². The van der Waals surface area contributed by atoms with Crippen LogP contribution in [0.25, 0.3) is 0 Å². The van der Waals surface area contributed by atoms with Crippen molar-refractivity contribution in [3.63, 3.8) is 0 Å². The number of likely N-dealkylation sites (tertiary alicyclic amines) is 1. The zero-order valence-electron chi connectivity index (χ0n) is 25.9. The molecule has 0 aliphatic carbocycles. The number of rotatable bonds is 11. The Hall–Kier alpha value is -4.61. The van der Waals surface area contributed by atoms with Crippen LogP contribution in [0.15, 0.2) is 91.1 Å². The van der Waals surface area contributed by atoms with Gasteiger partial charge in [-0.2, -0.15) is 0 Å². The minimum absolute atomic E-state index is 0. The van der Waals surface area contributed by atoms with Crippen molar-refractivity contribution < 1.29 is 27.1 Å². The van der Waals surface area contributed by atoms with E-state index in [1.807, 2.05) is 42.5 Å². The van der Waals surface area contributed by atoms with Gasteiger partial charge in [0.1, 0.15) is 11.6 Å². The molecule has 4 aromatic rings. The lowest BCUT2D eigenvalue weighted by Crippen LogP contribution is -2.49. The van der Waals surface area contributed by atoms with E-state index in [-0.39, 0.29) is 43.0 Å². The lowest BCUT2D eigenvalue weighted by atomic mass is 10.0. The number of urea groups is 1. The molecule has 0 bridgehead atoms. The maximum Gasteiger partial charge on any atom is 0.326 e. The molecule has 0 unspecified atom stereocenters. The largest absolute Gasteiger partial charge is 0.439 e. The number of carbonyl (C=O) groups excluding carboxylic acids is 2. The van der Waals surface area contributed by atoms with Gasteiger partial charge in [0.25, 0.3) is 0 Å². The zero-order chi connectivity index (χ0) is 32.7. The number of ether oxygens (including phenoxy) is 1. The maximum absolute atomic E-state index is 14.2. The standard InChI is InChI=1S/C35H37FN4O5S.CH4/c1-3-33(41)31-21-27(12-15-32(31)36)38-35(42)40(28-7-5-4-6-8-28)29-17-19-39(20-18-29)23-26-11-16-34(37-22-26)45-30-13-9-25(10-14-30)24-46(2,43)44;/h4-16,21-22,29H,3,17-20,23-24H2,1-2H3,(H,38,42);1H4. The number of benzene rings is 3. The summed E-state index contributed by atoms with van der Waals surface area (Å²) in [4.78, 5) is 34.3. The van der Waals surface area contributed by atoms with Gasteiger partial charge in [-0.15, -0.1) is 0 Å². The maximum atomic E-state index is 14.2. The van der Waals surface area contributed by atoms with Gasteiger partial charge >= 0.3 is 6.03 Å². The van der Waals surface area contributed by atoms with Gasteiger partial charge in [-0.3, -0.25) is 14.6 Å². The molecule has 0 spiro atoms. The van der Waals surface area contributed by atoms with E-state index < -0.39 is 15.7 Å². The number of aromatic nitrogens is 1. The number of pyridine rings is 1. The van der Waals surface area contributed by atoms with Gasteiger partial charge < -0.3 is 10.1 Å². The SMILES string of the molecule is C.CCC(=O)c1cc(NC(=O)N(c2ccccc2)C2CCN(Cc3ccc(Oc4ccc(CS(C)(=O)=O)cc4)nc3)CC2)ccc1F. The molecule has 1 saturated heterocycles. The molecule has 2 amide bonds. The lowest BCUT2D eigenvalue weighted by Gasteiger charge is -2.38. The molecule has 1 aliphatic rings. The molecule has 248 valence electrons. The molecule has 2 heterocycles. The van der Waals surface area contributed by atoms with Crippen molar-refractivity contribution in [1.29, 1.82) is 0 Å². The van der Waals surface area contributed by atoms with Crippen LogP contribution >= 0.6 is 0 Å². The van der Waals surface area contributed by atoms with Gasteiger partial charge in [0.2, 0.25) is 5.88 Å². The summed E-state index contributed by atoms with van der Waals surface area (Å²) < 4.78 is 43.1.